The molecular formula is C7H18I2OSi. The summed E-state index contributed by atoms with van der Waals surface area (Å²) in [5.74, 6) is 0. The van der Waals surface area contributed by atoms with Crippen molar-refractivity contribution in [3.8, 4) is 0 Å². The third-order valence-electron chi connectivity index (χ3n) is 1.39. The Morgan fingerprint density at radius 3 is 1.91 bits per heavy atom. The van der Waals surface area contributed by atoms with Gasteiger partial charge in [0, 0.05) is 43.8 Å². The second kappa shape index (κ2) is 9.72. The molecule has 0 spiro atoms. The number of rotatable bonds is 4. The van der Waals surface area contributed by atoms with E-state index in [2.05, 4.69) is 64.2 Å². The van der Waals surface area contributed by atoms with Crippen LogP contribution in [0.3, 0.4) is 0 Å². The van der Waals surface area contributed by atoms with Crippen LogP contribution in [-0.4, -0.2) is 14.9 Å². The summed E-state index contributed by atoms with van der Waals surface area (Å²) in [5.41, 5.74) is 0. The minimum atomic E-state index is -1.20. The highest BCUT2D eigenvalue weighted by molar-refractivity contribution is 15.0. The van der Waals surface area contributed by atoms with E-state index in [1.807, 2.05) is 0 Å². The molecule has 0 aliphatic heterocycles. The van der Waals surface area contributed by atoms with Gasteiger partial charge in [-0.25, -0.2) is 0 Å². The fourth-order valence-electron chi connectivity index (χ4n) is 1.06. The van der Waals surface area contributed by atoms with E-state index in [-0.39, 0.29) is 0 Å². The van der Waals surface area contributed by atoms with E-state index in [0.29, 0.717) is 0 Å². The van der Waals surface area contributed by atoms with Crippen LogP contribution in [0, 0.1) is 0 Å². The lowest BCUT2D eigenvalue weighted by atomic mass is 10.6. The molecule has 0 N–H and O–H groups in total. The van der Waals surface area contributed by atoms with E-state index in [4.69, 9.17) is 4.43 Å². The minimum Gasteiger partial charge on any atom is -0.418 e. The smallest absolute Gasteiger partial charge is 0.186 e. The molecule has 0 bridgehead atoms. The molecule has 1 nitrogen and oxygen atoms in total. The molecule has 0 aromatic rings. The summed E-state index contributed by atoms with van der Waals surface area (Å²) in [6.45, 7) is 9.73. The van der Waals surface area contributed by atoms with Crippen LogP contribution in [0.15, 0.2) is 0 Å². The van der Waals surface area contributed by atoms with Crippen LogP contribution in [0.1, 0.15) is 20.3 Å². The molecule has 0 saturated heterocycles. The first-order valence-corrected chi connectivity index (χ1v) is 13.3. The van der Waals surface area contributed by atoms with Crippen molar-refractivity contribution in [3.63, 3.8) is 0 Å². The van der Waals surface area contributed by atoms with Crippen LogP contribution < -0.4 is 0 Å². The highest BCUT2D eigenvalue weighted by Crippen LogP contribution is 2.12. The maximum Gasteiger partial charge on any atom is 0.186 e. The average Bonchev–Trinajstić information content (AvgIpc) is 1.91. The van der Waals surface area contributed by atoms with Gasteiger partial charge in [-0.15, -0.1) is 0 Å². The van der Waals surface area contributed by atoms with Gasteiger partial charge in [0.05, 0.1) is 0 Å². The Bertz CT molecular complexity index is 70.8. The number of halogens is 2. The van der Waals surface area contributed by atoms with Crippen LogP contribution >= 0.6 is 37.2 Å². The predicted molar refractivity (Wildman–Crippen MR) is 72.2 cm³/mol. The van der Waals surface area contributed by atoms with Crippen molar-refractivity contribution in [2.45, 2.75) is 39.4 Å². The molecule has 0 heterocycles. The van der Waals surface area contributed by atoms with E-state index < -0.39 is 8.32 Å². The molecule has 11 heavy (non-hydrogen) atoms. The summed E-state index contributed by atoms with van der Waals surface area (Å²) in [5, 5.41) is 0. The zero-order chi connectivity index (χ0) is 9.33. The molecule has 0 aromatic heterocycles. The summed E-state index contributed by atoms with van der Waals surface area (Å²) in [6.07, 6.45) is 1.26. The SMILES string of the molecule is CCC[Si](C)(C)OCC.II. The molecule has 0 rings (SSSR count). The summed E-state index contributed by atoms with van der Waals surface area (Å²) in [4.78, 5) is 0. The summed E-state index contributed by atoms with van der Waals surface area (Å²) >= 11 is 4.24. The Labute approximate surface area is 95.1 Å². The van der Waals surface area contributed by atoms with Gasteiger partial charge < -0.3 is 4.43 Å². The van der Waals surface area contributed by atoms with Crippen LogP contribution in [-0.2, 0) is 4.43 Å². The molecule has 0 unspecified atom stereocenters. The summed E-state index contributed by atoms with van der Waals surface area (Å²) < 4.78 is 5.61. The molecule has 0 amide bonds. The van der Waals surface area contributed by atoms with E-state index in [1.54, 1.807) is 0 Å². The van der Waals surface area contributed by atoms with Crippen LogP contribution in [0.2, 0.25) is 19.1 Å². The predicted octanol–water partition coefficient (Wildman–Crippen LogP) is 4.41. The van der Waals surface area contributed by atoms with Crippen molar-refractivity contribution in [2.24, 2.45) is 0 Å². The van der Waals surface area contributed by atoms with Crippen molar-refractivity contribution in [1.29, 1.82) is 0 Å². The largest absolute Gasteiger partial charge is 0.418 e. The van der Waals surface area contributed by atoms with E-state index in [9.17, 15) is 0 Å². The molecule has 0 saturated carbocycles. The maximum atomic E-state index is 5.61. The normalized spacial score (nSPS) is 10.4. The number of hydrogen-bond donors (Lipinski definition) is 0. The quantitative estimate of drug-likeness (QED) is 0.502. The zero-order valence-corrected chi connectivity index (χ0v) is 13.1. The Hall–Kier alpha value is 1.64. The fourth-order valence-corrected chi connectivity index (χ4v) is 3.19. The molecule has 0 aliphatic rings. The van der Waals surface area contributed by atoms with Gasteiger partial charge in [-0.1, -0.05) is 13.3 Å². The Morgan fingerprint density at radius 1 is 1.18 bits per heavy atom. The highest BCUT2D eigenvalue weighted by atomic mass is 128. The van der Waals surface area contributed by atoms with Crippen molar-refractivity contribution >= 4 is 45.5 Å². The first-order valence-electron chi connectivity index (χ1n) is 3.90. The Morgan fingerprint density at radius 2 is 1.64 bits per heavy atom. The third-order valence-corrected chi connectivity index (χ3v) is 4.16. The van der Waals surface area contributed by atoms with Crippen molar-refractivity contribution in [3.05, 3.63) is 0 Å². The van der Waals surface area contributed by atoms with E-state index in [1.165, 1.54) is 12.5 Å². The highest BCUT2D eigenvalue weighted by Gasteiger charge is 2.19. The van der Waals surface area contributed by atoms with E-state index >= 15 is 0 Å². The maximum absolute atomic E-state index is 5.61. The first kappa shape index (κ1) is 15.1. The van der Waals surface area contributed by atoms with Crippen LogP contribution in [0.4, 0.5) is 0 Å². The van der Waals surface area contributed by atoms with Gasteiger partial charge in [0.2, 0.25) is 0 Å². The molecule has 0 aromatic carbocycles. The number of hydrogen-bond acceptors (Lipinski definition) is 1. The van der Waals surface area contributed by atoms with Gasteiger partial charge in [0.25, 0.3) is 0 Å². The molecule has 0 atom stereocenters. The second-order valence-electron chi connectivity index (χ2n) is 2.94. The molecule has 0 aliphatic carbocycles. The fraction of sp³-hybridized carbons (Fsp3) is 1.00. The van der Waals surface area contributed by atoms with Gasteiger partial charge >= 0.3 is 0 Å². The van der Waals surface area contributed by atoms with E-state index in [0.717, 1.165) is 6.61 Å². The lowest BCUT2D eigenvalue weighted by Gasteiger charge is -2.20. The Balaban J connectivity index is 0. The summed E-state index contributed by atoms with van der Waals surface area (Å²) in [6, 6.07) is 1.29. The van der Waals surface area contributed by atoms with Gasteiger partial charge in [-0.3, -0.25) is 0 Å². The van der Waals surface area contributed by atoms with Gasteiger partial charge in [-0.05, 0) is 26.1 Å². The van der Waals surface area contributed by atoms with Crippen molar-refractivity contribution < 1.29 is 4.43 Å². The van der Waals surface area contributed by atoms with Crippen LogP contribution in [0.25, 0.3) is 0 Å². The average molecular weight is 400 g/mol. The third kappa shape index (κ3) is 11.6. The molecule has 70 valence electrons. The second-order valence-corrected chi connectivity index (χ2v) is 7.25. The molecule has 4 heteroatoms. The zero-order valence-electron chi connectivity index (χ0n) is 7.79. The molecule has 0 fully saturated rings. The lowest BCUT2D eigenvalue weighted by molar-refractivity contribution is 0.328. The van der Waals surface area contributed by atoms with Crippen LogP contribution in [0.5, 0.6) is 0 Å². The van der Waals surface area contributed by atoms with Crippen molar-refractivity contribution in [2.75, 3.05) is 6.61 Å². The minimum absolute atomic E-state index is 0.888. The monoisotopic (exact) mass is 400 g/mol. The first-order chi connectivity index (χ1) is 5.12. The standard InChI is InChI=1S/C7H18OSi.I2/c1-5-7-9(3,4)8-6-2;1-2/h5-7H2,1-4H3;. The lowest BCUT2D eigenvalue weighted by Crippen LogP contribution is -2.29. The Kier molecular flexibility index (Phi) is 13.4. The van der Waals surface area contributed by atoms with Crippen molar-refractivity contribution in [1.82, 2.24) is 0 Å². The van der Waals surface area contributed by atoms with Gasteiger partial charge in [0.15, 0.2) is 8.32 Å². The summed E-state index contributed by atoms with van der Waals surface area (Å²) in [7, 11) is -1.20. The van der Waals surface area contributed by atoms with Gasteiger partial charge in [-0.2, -0.15) is 0 Å². The molecule has 0 radical (unpaired) electrons. The topological polar surface area (TPSA) is 9.23 Å². The van der Waals surface area contributed by atoms with Gasteiger partial charge in [0.1, 0.15) is 0 Å². The molecular weight excluding hydrogens is 382 g/mol.